The lowest BCUT2D eigenvalue weighted by Gasteiger charge is -2.28. The van der Waals surface area contributed by atoms with Gasteiger partial charge in [0.1, 0.15) is 23.9 Å². The number of anilines is 1. The number of carbonyl (C=O) groups is 3. The number of hydrogen-bond acceptors (Lipinski definition) is 6. The van der Waals surface area contributed by atoms with E-state index in [1.807, 2.05) is 0 Å². The van der Waals surface area contributed by atoms with Crippen LogP contribution in [0.5, 0.6) is 0 Å². The van der Waals surface area contributed by atoms with Crippen molar-refractivity contribution in [3.8, 4) is 0 Å². The molecule has 178 valence electrons. The van der Waals surface area contributed by atoms with Crippen molar-refractivity contribution in [3.05, 3.63) is 75.8 Å². The molecule has 0 spiro atoms. The summed E-state index contributed by atoms with van der Waals surface area (Å²) in [6.45, 7) is -3.53. The maximum atomic E-state index is 14.2. The van der Waals surface area contributed by atoms with Crippen LogP contribution in [-0.2, 0) is 11.3 Å². The van der Waals surface area contributed by atoms with Gasteiger partial charge >= 0.3 is 0 Å². The van der Waals surface area contributed by atoms with Gasteiger partial charge in [0.2, 0.25) is 11.7 Å². The molecule has 9 nitrogen and oxygen atoms in total. The van der Waals surface area contributed by atoms with Gasteiger partial charge in [-0.1, -0.05) is 11.6 Å². The van der Waals surface area contributed by atoms with Gasteiger partial charge in [-0.15, -0.1) is 0 Å². The minimum atomic E-state index is -2.93. The topological polar surface area (TPSA) is 118 Å². The van der Waals surface area contributed by atoms with E-state index >= 15 is 0 Å². The molecule has 1 unspecified atom stereocenters. The molecule has 2 aromatic carbocycles. The smallest absolute Gasteiger partial charge is 0.287 e. The predicted molar refractivity (Wildman–Crippen MR) is 125 cm³/mol. The molecule has 1 aliphatic rings. The average Bonchev–Trinajstić information content (AvgIpc) is 3.41. The van der Waals surface area contributed by atoms with E-state index in [0.717, 1.165) is 40.4 Å². The first kappa shape index (κ1) is 18.4. The van der Waals surface area contributed by atoms with E-state index in [1.165, 1.54) is 12.1 Å². The third kappa shape index (κ3) is 4.00. The summed E-state index contributed by atoms with van der Waals surface area (Å²) >= 11 is 7.18. The molecule has 4 aromatic rings. The Kier molecular flexibility index (Phi) is 4.59. The van der Waals surface area contributed by atoms with Crippen LogP contribution in [0.3, 0.4) is 0 Å². The summed E-state index contributed by atoms with van der Waals surface area (Å²) in [5.41, 5.74) is -0.758. The van der Waals surface area contributed by atoms with Gasteiger partial charge in [0.25, 0.3) is 11.8 Å². The van der Waals surface area contributed by atoms with Gasteiger partial charge in [0, 0.05) is 27.1 Å². The van der Waals surface area contributed by atoms with Gasteiger partial charge in [0.15, 0.2) is 5.82 Å². The van der Waals surface area contributed by atoms with E-state index < -0.39 is 60.5 Å². The van der Waals surface area contributed by atoms with Gasteiger partial charge in [0.05, 0.1) is 17.8 Å². The van der Waals surface area contributed by atoms with E-state index in [4.69, 9.17) is 17.1 Å². The van der Waals surface area contributed by atoms with E-state index in [1.54, 1.807) is 5.32 Å². The van der Waals surface area contributed by atoms with Crippen LogP contribution in [0, 0.1) is 11.6 Å². The second kappa shape index (κ2) is 8.71. The monoisotopic (exact) mass is 520 g/mol. The van der Waals surface area contributed by atoms with Crippen molar-refractivity contribution < 1.29 is 28.6 Å². The standard InChI is InChI=1S/C22H15ClF2N6O3S/c1-26-22(34)20-28-19(29-21(33)17-12-7-10(25)3-5-14(12)35-30-17)18-16(27-15(32)8-31(18)20)11-6-9(24)2-4-13(11)23/h2-7,16H,8H2,1H3,(H,26,34)(H,27,32)(H,29,33)/i1D3,16D. The Balaban J connectivity index is 1.69. The number of amides is 3. The summed E-state index contributed by atoms with van der Waals surface area (Å²) in [6.07, 6.45) is 0. The Bertz CT molecular complexity index is 1690. The summed E-state index contributed by atoms with van der Waals surface area (Å²) in [5, 5.41) is 6.60. The van der Waals surface area contributed by atoms with Gasteiger partial charge in [-0.25, -0.2) is 13.8 Å². The Hall–Kier alpha value is -3.90. The molecule has 35 heavy (non-hydrogen) atoms. The maximum Gasteiger partial charge on any atom is 0.287 e. The first-order valence-corrected chi connectivity index (χ1v) is 11.0. The lowest BCUT2D eigenvalue weighted by atomic mass is 10.0. The summed E-state index contributed by atoms with van der Waals surface area (Å²) in [7, 11) is 0. The van der Waals surface area contributed by atoms with E-state index in [2.05, 4.69) is 20.0 Å². The number of nitrogens with one attached hydrogen (secondary N) is 3. The number of benzene rings is 2. The lowest BCUT2D eigenvalue weighted by molar-refractivity contribution is -0.123. The molecule has 3 amide bonds. The van der Waals surface area contributed by atoms with Crippen LogP contribution in [0.2, 0.25) is 5.02 Å². The maximum absolute atomic E-state index is 14.2. The van der Waals surface area contributed by atoms with Crippen LogP contribution in [0.1, 0.15) is 43.9 Å². The second-order valence-electron chi connectivity index (χ2n) is 7.35. The van der Waals surface area contributed by atoms with Crippen molar-refractivity contribution in [2.24, 2.45) is 0 Å². The summed E-state index contributed by atoms with van der Waals surface area (Å²) in [6, 6.07) is 4.42. The average molecular weight is 521 g/mol. The van der Waals surface area contributed by atoms with Crippen molar-refractivity contribution in [2.75, 3.05) is 12.3 Å². The highest BCUT2D eigenvalue weighted by atomic mass is 35.5. The van der Waals surface area contributed by atoms with Crippen LogP contribution >= 0.6 is 23.1 Å². The first-order valence-electron chi connectivity index (χ1n) is 11.8. The zero-order chi connectivity index (χ0) is 28.3. The number of nitrogens with zero attached hydrogens (tertiary/aromatic N) is 3. The highest BCUT2D eigenvalue weighted by molar-refractivity contribution is 7.13. The molecule has 0 aliphatic carbocycles. The Labute approximate surface area is 210 Å². The van der Waals surface area contributed by atoms with Crippen LogP contribution in [0.4, 0.5) is 14.6 Å². The van der Waals surface area contributed by atoms with Crippen LogP contribution in [0.15, 0.2) is 36.4 Å². The quantitative estimate of drug-likeness (QED) is 0.382. The van der Waals surface area contributed by atoms with Gasteiger partial charge in [-0.2, -0.15) is 4.37 Å². The van der Waals surface area contributed by atoms with Crippen LogP contribution in [-0.4, -0.2) is 38.6 Å². The number of fused-ring (bicyclic) bond motifs is 2. The van der Waals surface area contributed by atoms with Crippen LogP contribution < -0.4 is 16.0 Å². The number of halogens is 3. The van der Waals surface area contributed by atoms with Gasteiger partial charge in [-0.3, -0.25) is 14.4 Å². The third-order valence-electron chi connectivity index (χ3n) is 5.16. The Morgan fingerprint density at radius 1 is 1.26 bits per heavy atom. The zero-order valence-electron chi connectivity index (χ0n) is 21.3. The first-order chi connectivity index (χ1) is 18.3. The van der Waals surface area contributed by atoms with Gasteiger partial charge < -0.3 is 20.5 Å². The fraction of sp³-hybridized carbons (Fsp3) is 0.136. The molecule has 3 N–H and O–H groups in total. The highest BCUT2D eigenvalue weighted by Crippen LogP contribution is 2.36. The molecule has 0 saturated carbocycles. The molecule has 13 heteroatoms. The molecule has 0 fully saturated rings. The predicted octanol–water partition coefficient (Wildman–Crippen LogP) is 3.26. The minimum absolute atomic E-state index is 0.131. The van der Waals surface area contributed by atoms with Crippen molar-refractivity contribution in [2.45, 2.75) is 12.6 Å². The molecule has 1 aliphatic heterocycles. The number of rotatable bonds is 4. The van der Waals surface area contributed by atoms with Crippen LogP contribution in [0.25, 0.3) is 10.1 Å². The molecule has 5 rings (SSSR count). The van der Waals surface area contributed by atoms with Crippen molar-refractivity contribution >= 4 is 56.8 Å². The fourth-order valence-corrected chi connectivity index (χ4v) is 4.65. The highest BCUT2D eigenvalue weighted by Gasteiger charge is 2.36. The Morgan fingerprint density at radius 2 is 2.03 bits per heavy atom. The molecule has 2 aromatic heterocycles. The summed E-state index contributed by atoms with van der Waals surface area (Å²) in [4.78, 5) is 42.8. The van der Waals surface area contributed by atoms with Crippen molar-refractivity contribution in [1.29, 1.82) is 0 Å². The Morgan fingerprint density at radius 3 is 2.83 bits per heavy atom. The molecule has 3 heterocycles. The van der Waals surface area contributed by atoms with E-state index in [0.29, 0.717) is 4.70 Å². The minimum Gasteiger partial charge on any atom is -0.352 e. The molecule has 0 saturated heterocycles. The largest absolute Gasteiger partial charge is 0.352 e. The van der Waals surface area contributed by atoms with Crippen molar-refractivity contribution in [3.63, 3.8) is 0 Å². The molecule has 0 radical (unpaired) electrons. The normalized spacial score (nSPS) is 19.1. The molecule has 0 bridgehead atoms. The van der Waals surface area contributed by atoms with E-state index in [9.17, 15) is 23.2 Å². The number of hydrogen-bond donors (Lipinski definition) is 3. The summed E-state index contributed by atoms with van der Waals surface area (Å²) in [5.74, 6) is -5.42. The fourth-order valence-electron chi connectivity index (χ4n) is 3.68. The molecular formula is C22H15ClF2N6O3S. The summed E-state index contributed by atoms with van der Waals surface area (Å²) < 4.78 is 64.8. The molecular weight excluding hydrogens is 502 g/mol. The van der Waals surface area contributed by atoms with Gasteiger partial charge in [-0.05, 0) is 47.9 Å². The number of aromatic nitrogens is 3. The molecule has 1 atom stereocenters. The SMILES string of the molecule is [2H]C([2H])([2H])NC(=O)c1nc(NC(=O)c2nsc3ccc(F)cc23)c2n1CC(=O)NC2([2H])c1cc(F)ccc1Cl. The lowest BCUT2D eigenvalue weighted by Crippen LogP contribution is -2.41. The number of carbonyl (C=O) groups excluding carboxylic acids is 3. The third-order valence-corrected chi connectivity index (χ3v) is 6.32. The van der Waals surface area contributed by atoms with Crippen molar-refractivity contribution in [1.82, 2.24) is 24.6 Å². The zero-order valence-corrected chi connectivity index (χ0v) is 18.9. The number of imidazole rings is 1. The van der Waals surface area contributed by atoms with E-state index in [-0.39, 0.29) is 27.4 Å². The second-order valence-corrected chi connectivity index (χ2v) is 8.56.